The number of ether oxygens (including phenoxy) is 1. The molecule has 228 valence electrons. The number of nitrogens with one attached hydrogen (secondary N) is 3. The van der Waals surface area contributed by atoms with E-state index in [0.717, 1.165) is 11.3 Å². The van der Waals surface area contributed by atoms with Crippen LogP contribution in [0.3, 0.4) is 0 Å². The van der Waals surface area contributed by atoms with Crippen molar-refractivity contribution in [1.29, 1.82) is 0 Å². The third-order valence-corrected chi connectivity index (χ3v) is 9.90. The first-order chi connectivity index (χ1) is 19.7. The fourth-order valence-electron chi connectivity index (χ4n) is 5.61. The largest absolute Gasteiger partial charge is 0.477 e. The molecular weight excluding hydrogens is 607 g/mol. The minimum atomic E-state index is -1.12. The topological polar surface area (TPSA) is 157 Å². The Balaban J connectivity index is 1.13. The Morgan fingerprint density at radius 1 is 1.10 bits per heavy atom. The van der Waals surface area contributed by atoms with Crippen molar-refractivity contribution in [1.82, 2.24) is 25.5 Å². The van der Waals surface area contributed by atoms with Crippen molar-refractivity contribution in [3.8, 4) is 0 Å². The number of aryl methyl sites for hydroxylation is 1. The number of carbonyl (C=O) groups is 4. The van der Waals surface area contributed by atoms with Crippen LogP contribution in [0.25, 0.3) is 0 Å². The molecule has 1 saturated carbocycles. The van der Waals surface area contributed by atoms with Crippen molar-refractivity contribution in [2.75, 3.05) is 31.1 Å². The van der Waals surface area contributed by atoms with Gasteiger partial charge in [-0.2, -0.15) is 0 Å². The van der Waals surface area contributed by atoms with Crippen molar-refractivity contribution in [2.24, 2.45) is 11.8 Å². The predicted molar refractivity (Wildman–Crippen MR) is 158 cm³/mol. The summed E-state index contributed by atoms with van der Waals surface area (Å²) in [4.78, 5) is 61.1. The second kappa shape index (κ2) is 11.6. The molecular formula is C27H34Cl2N6O6S. The van der Waals surface area contributed by atoms with Gasteiger partial charge in [-0.25, -0.2) is 14.6 Å². The zero-order valence-corrected chi connectivity index (χ0v) is 26.1. The average Bonchev–Trinajstić information content (AvgIpc) is 3.25. The van der Waals surface area contributed by atoms with Gasteiger partial charge in [0.25, 0.3) is 5.91 Å². The molecule has 3 aliphatic rings. The molecule has 2 saturated heterocycles. The van der Waals surface area contributed by atoms with E-state index < -0.39 is 17.7 Å². The Morgan fingerprint density at radius 2 is 1.74 bits per heavy atom. The van der Waals surface area contributed by atoms with Crippen molar-refractivity contribution in [3.05, 3.63) is 32.0 Å². The average molecular weight is 642 g/mol. The third kappa shape index (κ3) is 6.47. The number of carboxylic acid groups (broad SMARTS) is 1. The lowest BCUT2D eigenvalue weighted by Gasteiger charge is -2.32. The van der Waals surface area contributed by atoms with E-state index in [1.165, 1.54) is 0 Å². The molecule has 5 rings (SSSR count). The summed E-state index contributed by atoms with van der Waals surface area (Å²) >= 11 is 13.3. The molecule has 3 atom stereocenters. The SMILES string of the molecule is Cc1[nH]c(C(=O)N[C@@H]2[C@@H]3CN(c4nc(CC(=O)N5CCC(NC(=O)OC(C)(C)C)CC5)c(C(=O)O)s4)C[C@@H]32)c(Cl)c1Cl. The maximum atomic E-state index is 13.1. The summed E-state index contributed by atoms with van der Waals surface area (Å²) in [6.45, 7) is 9.26. The number of H-pyrrole nitrogens is 1. The van der Waals surface area contributed by atoms with E-state index in [2.05, 4.69) is 20.6 Å². The van der Waals surface area contributed by atoms with Crippen LogP contribution in [-0.4, -0.2) is 87.7 Å². The van der Waals surface area contributed by atoms with Crippen molar-refractivity contribution in [2.45, 2.75) is 64.6 Å². The van der Waals surface area contributed by atoms with Gasteiger partial charge in [0.05, 0.1) is 22.2 Å². The van der Waals surface area contributed by atoms with E-state index in [0.29, 0.717) is 54.9 Å². The third-order valence-electron chi connectivity index (χ3n) is 7.81. The first-order valence-electron chi connectivity index (χ1n) is 13.8. The van der Waals surface area contributed by atoms with Gasteiger partial charge in [-0.1, -0.05) is 34.5 Å². The van der Waals surface area contributed by atoms with Gasteiger partial charge in [0.1, 0.15) is 16.2 Å². The van der Waals surface area contributed by atoms with E-state index in [1.54, 1.807) is 32.6 Å². The summed E-state index contributed by atoms with van der Waals surface area (Å²) in [5.74, 6) is -1.22. The minimum Gasteiger partial charge on any atom is -0.477 e. The molecule has 0 radical (unpaired) electrons. The fourth-order valence-corrected chi connectivity index (χ4v) is 6.97. The number of piperidine rings is 2. The van der Waals surface area contributed by atoms with Crippen LogP contribution >= 0.6 is 34.5 Å². The number of amides is 3. The number of aromatic carboxylic acids is 1. The van der Waals surface area contributed by atoms with Crippen molar-refractivity contribution < 1.29 is 29.0 Å². The Labute approximate surface area is 257 Å². The Kier molecular flexibility index (Phi) is 8.38. The molecule has 4 heterocycles. The maximum absolute atomic E-state index is 13.1. The number of halogens is 2. The zero-order valence-electron chi connectivity index (χ0n) is 23.8. The number of thiazole rings is 1. The second-order valence-electron chi connectivity index (χ2n) is 12.0. The van der Waals surface area contributed by atoms with Crippen LogP contribution in [0.5, 0.6) is 0 Å². The van der Waals surface area contributed by atoms with Gasteiger partial charge in [-0.05, 0) is 40.5 Å². The van der Waals surface area contributed by atoms with Gasteiger partial charge >= 0.3 is 12.1 Å². The van der Waals surface area contributed by atoms with Crippen molar-refractivity contribution in [3.63, 3.8) is 0 Å². The number of hydrogen-bond donors (Lipinski definition) is 4. The smallest absolute Gasteiger partial charge is 0.407 e. The van der Waals surface area contributed by atoms with Crippen LogP contribution in [0.15, 0.2) is 0 Å². The summed E-state index contributed by atoms with van der Waals surface area (Å²) in [6.07, 6.45) is 0.568. The molecule has 2 aliphatic heterocycles. The molecule has 0 spiro atoms. The number of aromatic nitrogens is 2. The summed E-state index contributed by atoms with van der Waals surface area (Å²) in [5.41, 5.74) is 0.528. The Morgan fingerprint density at radius 3 is 2.29 bits per heavy atom. The fraction of sp³-hybridized carbons (Fsp3) is 0.593. The van der Waals surface area contributed by atoms with Gasteiger partial charge < -0.3 is 35.3 Å². The van der Waals surface area contributed by atoms with Gasteiger partial charge in [-0.3, -0.25) is 9.59 Å². The number of likely N-dealkylation sites (tertiary alicyclic amines) is 1. The van der Waals surface area contributed by atoms with Gasteiger partial charge in [0.15, 0.2) is 5.13 Å². The number of carbonyl (C=O) groups excluding carboxylic acids is 3. The van der Waals surface area contributed by atoms with Gasteiger partial charge in [0, 0.05) is 55.8 Å². The number of fused-ring (bicyclic) bond motifs is 1. The van der Waals surface area contributed by atoms with Crippen LogP contribution in [0.2, 0.25) is 10.0 Å². The Hall–Kier alpha value is -3.03. The lowest BCUT2D eigenvalue weighted by Crippen LogP contribution is -2.48. The van der Waals surface area contributed by atoms with Crippen LogP contribution in [0.4, 0.5) is 9.93 Å². The number of anilines is 1. The van der Waals surface area contributed by atoms with Crippen LogP contribution < -0.4 is 15.5 Å². The van der Waals surface area contributed by atoms with Gasteiger partial charge in [0.2, 0.25) is 5.91 Å². The molecule has 4 N–H and O–H groups in total. The second-order valence-corrected chi connectivity index (χ2v) is 13.8. The molecule has 12 nitrogen and oxygen atoms in total. The molecule has 1 aliphatic carbocycles. The molecule has 15 heteroatoms. The Bertz CT molecular complexity index is 1400. The monoisotopic (exact) mass is 640 g/mol. The molecule has 0 bridgehead atoms. The predicted octanol–water partition coefficient (Wildman–Crippen LogP) is 3.71. The van der Waals surface area contributed by atoms with E-state index in [4.69, 9.17) is 27.9 Å². The number of carboxylic acids is 1. The lowest BCUT2D eigenvalue weighted by molar-refractivity contribution is -0.131. The molecule has 3 fully saturated rings. The minimum absolute atomic E-state index is 0.0140. The number of aromatic amines is 1. The van der Waals surface area contributed by atoms with Gasteiger partial charge in [-0.15, -0.1) is 0 Å². The summed E-state index contributed by atoms with van der Waals surface area (Å²) in [6, 6.07) is -0.110. The van der Waals surface area contributed by atoms with E-state index in [-0.39, 0.29) is 63.4 Å². The van der Waals surface area contributed by atoms with E-state index >= 15 is 0 Å². The van der Waals surface area contributed by atoms with Crippen molar-refractivity contribution >= 4 is 63.5 Å². The lowest BCUT2D eigenvalue weighted by atomic mass is 10.0. The zero-order chi connectivity index (χ0) is 30.5. The maximum Gasteiger partial charge on any atom is 0.407 e. The summed E-state index contributed by atoms with van der Waals surface area (Å²) in [7, 11) is 0. The van der Waals surface area contributed by atoms with E-state index in [1.807, 2.05) is 4.90 Å². The normalized spacial score (nSPS) is 22.1. The first kappa shape index (κ1) is 30.4. The highest BCUT2D eigenvalue weighted by Crippen LogP contribution is 2.48. The molecule has 2 aromatic rings. The van der Waals surface area contributed by atoms with Crippen LogP contribution in [0, 0.1) is 18.8 Å². The van der Waals surface area contributed by atoms with Crippen LogP contribution in [-0.2, 0) is 16.0 Å². The molecule has 42 heavy (non-hydrogen) atoms. The highest BCUT2D eigenvalue weighted by Gasteiger charge is 2.57. The standard InChI is InChI=1S/C27H34Cl2N6O6S/c1-12-18(28)19(29)21(30-12)23(37)33-20-14-10-35(11-15(14)20)25-32-16(22(42-25)24(38)39)9-17(36)34-7-5-13(6-8-34)31-26(40)41-27(2,3)4/h13-15,20,30H,5-11H2,1-4H3,(H,31,40)(H,33,37)(H,38,39)/t14-,15+,20-. The number of nitrogens with zero attached hydrogens (tertiary/aromatic N) is 3. The number of hydrogen-bond acceptors (Lipinski definition) is 8. The highest BCUT2D eigenvalue weighted by atomic mass is 35.5. The molecule has 3 amide bonds. The molecule has 0 aromatic carbocycles. The quantitative estimate of drug-likeness (QED) is 0.357. The number of rotatable bonds is 7. The van der Waals surface area contributed by atoms with E-state index in [9.17, 15) is 24.3 Å². The molecule has 2 aromatic heterocycles. The highest BCUT2D eigenvalue weighted by molar-refractivity contribution is 7.17. The summed E-state index contributed by atoms with van der Waals surface area (Å²) < 4.78 is 5.31. The number of alkyl carbamates (subject to hydrolysis) is 1. The first-order valence-corrected chi connectivity index (χ1v) is 15.4. The van der Waals surface area contributed by atoms with Crippen LogP contribution in [0.1, 0.15) is 65.2 Å². The molecule has 0 unspecified atom stereocenters. The summed E-state index contributed by atoms with van der Waals surface area (Å²) in [5, 5.41) is 16.8.